The number of likely N-dealkylation sites (N-methyl/N-ethyl adjacent to an activating group) is 1. The van der Waals surface area contributed by atoms with Gasteiger partial charge in [0.2, 0.25) is 0 Å². The molecule has 168 valence electrons. The number of hydrogen-bond acceptors (Lipinski definition) is 4. The molecule has 0 radical (unpaired) electrons. The van der Waals surface area contributed by atoms with Gasteiger partial charge in [-0.15, -0.1) is 0 Å². The minimum atomic E-state index is -0.951. The first-order chi connectivity index (χ1) is 13.5. The second-order valence-corrected chi connectivity index (χ2v) is 8.66. The van der Waals surface area contributed by atoms with Crippen LogP contribution in [0.1, 0.15) is 73.6 Å². The van der Waals surface area contributed by atoms with Crippen LogP contribution in [0, 0.1) is 11.8 Å². The van der Waals surface area contributed by atoms with Gasteiger partial charge in [-0.3, -0.25) is 4.79 Å². The van der Waals surface area contributed by atoms with E-state index in [0.29, 0.717) is 18.3 Å². The molecule has 0 aromatic rings. The third-order valence-electron chi connectivity index (χ3n) is 5.25. The van der Waals surface area contributed by atoms with Gasteiger partial charge in [0, 0.05) is 6.04 Å². The van der Waals surface area contributed by atoms with Gasteiger partial charge in [0.1, 0.15) is 0 Å². The van der Waals surface area contributed by atoms with E-state index in [2.05, 4.69) is 44.3 Å². The molecule has 5 heteroatoms. The number of aliphatic carboxylic acids is 1. The molecule has 5 unspecified atom stereocenters. The highest BCUT2D eigenvalue weighted by molar-refractivity contribution is 5.67. The molecule has 5 atom stereocenters. The molecule has 5 nitrogen and oxygen atoms in total. The number of allylic oxidation sites excluding steroid dienone is 5. The second-order valence-electron chi connectivity index (χ2n) is 8.66. The zero-order valence-electron chi connectivity index (χ0n) is 19.2. The second kappa shape index (κ2) is 14.5. The molecular weight excluding hydrogens is 366 g/mol. The number of nitrogens with one attached hydrogen (secondary N) is 1. The van der Waals surface area contributed by atoms with Crippen LogP contribution < -0.4 is 5.32 Å². The van der Waals surface area contributed by atoms with Crippen LogP contribution in [0.2, 0.25) is 0 Å². The van der Waals surface area contributed by atoms with Gasteiger partial charge >= 0.3 is 5.97 Å². The number of hydrogen-bond donors (Lipinski definition) is 4. The van der Waals surface area contributed by atoms with E-state index in [4.69, 9.17) is 5.11 Å². The minimum absolute atomic E-state index is 0.00783. The summed E-state index contributed by atoms with van der Waals surface area (Å²) < 4.78 is 0. The first-order valence-electron chi connectivity index (χ1n) is 10.8. The van der Waals surface area contributed by atoms with Crippen molar-refractivity contribution < 1.29 is 20.1 Å². The quantitative estimate of drug-likeness (QED) is 0.237. The van der Waals surface area contributed by atoms with Crippen molar-refractivity contribution in [3.63, 3.8) is 0 Å². The molecule has 0 rings (SSSR count). The molecule has 0 aliphatic heterocycles. The summed E-state index contributed by atoms with van der Waals surface area (Å²) in [5.74, 6) is -0.110. The van der Waals surface area contributed by atoms with Crippen LogP contribution in [-0.4, -0.2) is 45.6 Å². The zero-order valence-corrected chi connectivity index (χ0v) is 19.2. The van der Waals surface area contributed by atoms with Crippen LogP contribution in [0.4, 0.5) is 0 Å². The third kappa shape index (κ3) is 14.2. The predicted molar refractivity (Wildman–Crippen MR) is 121 cm³/mol. The van der Waals surface area contributed by atoms with Crippen LogP contribution in [0.25, 0.3) is 0 Å². The van der Waals surface area contributed by atoms with Gasteiger partial charge < -0.3 is 20.6 Å². The van der Waals surface area contributed by atoms with E-state index in [-0.39, 0.29) is 12.5 Å². The molecule has 0 aromatic carbocycles. The lowest BCUT2D eigenvalue weighted by Crippen LogP contribution is -2.45. The largest absolute Gasteiger partial charge is 0.481 e. The maximum atomic E-state index is 10.6. The van der Waals surface area contributed by atoms with Crippen LogP contribution in [0.5, 0.6) is 0 Å². The lowest BCUT2D eigenvalue weighted by atomic mass is 9.95. The van der Waals surface area contributed by atoms with Gasteiger partial charge in [0.15, 0.2) is 0 Å². The smallest absolute Gasteiger partial charge is 0.305 e. The van der Waals surface area contributed by atoms with E-state index in [1.54, 1.807) is 0 Å². The molecule has 0 fully saturated rings. The SMILES string of the molecule is CCNC(C)C(C)(O)/C=C/C=C(\C)CC(C)/C=C/CC(C)CCC(O)CC(=O)O. The maximum absolute atomic E-state index is 10.6. The summed E-state index contributed by atoms with van der Waals surface area (Å²) in [5, 5.41) is 32.0. The van der Waals surface area contributed by atoms with Gasteiger partial charge in [-0.05, 0) is 64.8 Å². The summed E-state index contributed by atoms with van der Waals surface area (Å²) in [4.78, 5) is 10.6. The topological polar surface area (TPSA) is 89.8 Å². The highest BCUT2D eigenvalue weighted by Crippen LogP contribution is 2.18. The Bertz CT molecular complexity index is 551. The van der Waals surface area contributed by atoms with E-state index < -0.39 is 17.7 Å². The van der Waals surface area contributed by atoms with Gasteiger partial charge in [0.05, 0.1) is 18.1 Å². The van der Waals surface area contributed by atoms with Crippen molar-refractivity contribution in [2.75, 3.05) is 6.54 Å². The Hall–Kier alpha value is -1.43. The molecule has 0 bridgehead atoms. The van der Waals surface area contributed by atoms with Crippen LogP contribution >= 0.6 is 0 Å². The van der Waals surface area contributed by atoms with Crippen molar-refractivity contribution in [3.05, 3.63) is 36.0 Å². The first-order valence-corrected chi connectivity index (χ1v) is 10.8. The van der Waals surface area contributed by atoms with E-state index in [9.17, 15) is 15.0 Å². The summed E-state index contributed by atoms with van der Waals surface area (Å²) >= 11 is 0. The van der Waals surface area contributed by atoms with Crippen LogP contribution in [0.15, 0.2) is 36.0 Å². The maximum Gasteiger partial charge on any atom is 0.305 e. The molecule has 0 spiro atoms. The van der Waals surface area contributed by atoms with Crippen molar-refractivity contribution in [3.8, 4) is 0 Å². The van der Waals surface area contributed by atoms with E-state index in [0.717, 1.165) is 25.8 Å². The standard InChI is InChI=1S/C24H43NO4/c1-7-25-21(5)24(6,29)15-9-12-20(4)16-19(3)11-8-10-18(2)13-14-22(26)17-23(27)28/h8-9,11-12,15,18-19,21-22,25-26,29H,7,10,13-14,16-17H2,1-6H3,(H,27,28)/b11-8+,15-9+,20-12+. The molecule has 29 heavy (non-hydrogen) atoms. The Morgan fingerprint density at radius 2 is 1.83 bits per heavy atom. The molecule has 0 saturated carbocycles. The number of aliphatic hydroxyl groups is 2. The molecule has 0 aromatic heterocycles. The monoisotopic (exact) mass is 409 g/mol. The number of rotatable bonds is 15. The molecule has 0 aliphatic carbocycles. The summed E-state index contributed by atoms with van der Waals surface area (Å²) in [6, 6.07) is -0.00783. The Morgan fingerprint density at radius 1 is 1.17 bits per heavy atom. The Labute approximate surface area is 177 Å². The third-order valence-corrected chi connectivity index (χ3v) is 5.25. The lowest BCUT2D eigenvalue weighted by molar-refractivity contribution is -0.139. The summed E-state index contributed by atoms with van der Waals surface area (Å²) in [7, 11) is 0. The summed E-state index contributed by atoms with van der Waals surface area (Å²) in [5.41, 5.74) is 0.377. The fraction of sp³-hybridized carbons (Fsp3) is 0.708. The minimum Gasteiger partial charge on any atom is -0.481 e. The average molecular weight is 410 g/mol. The van der Waals surface area contributed by atoms with Crippen LogP contribution in [-0.2, 0) is 4.79 Å². The first kappa shape index (κ1) is 27.6. The van der Waals surface area contributed by atoms with Crippen molar-refractivity contribution in [2.45, 2.75) is 91.4 Å². The van der Waals surface area contributed by atoms with Gasteiger partial charge in [-0.2, -0.15) is 0 Å². The number of carbonyl (C=O) groups is 1. The Kier molecular flexibility index (Phi) is 13.8. The fourth-order valence-electron chi connectivity index (χ4n) is 3.15. The Morgan fingerprint density at radius 3 is 2.41 bits per heavy atom. The van der Waals surface area contributed by atoms with Gasteiger partial charge in [-0.25, -0.2) is 0 Å². The summed E-state index contributed by atoms with van der Waals surface area (Å²) in [6.45, 7) is 13.0. The van der Waals surface area contributed by atoms with E-state index in [1.165, 1.54) is 5.57 Å². The summed E-state index contributed by atoms with van der Waals surface area (Å²) in [6.07, 6.45) is 12.5. The van der Waals surface area contributed by atoms with Crippen molar-refractivity contribution in [1.82, 2.24) is 5.32 Å². The molecule has 0 aliphatic rings. The zero-order chi connectivity index (χ0) is 22.4. The highest BCUT2D eigenvalue weighted by atomic mass is 16.4. The predicted octanol–water partition coefficient (Wildman–Crippen LogP) is 4.46. The Balaban J connectivity index is 4.34. The average Bonchev–Trinajstić information content (AvgIpc) is 2.59. The van der Waals surface area contributed by atoms with Crippen molar-refractivity contribution in [2.24, 2.45) is 11.8 Å². The van der Waals surface area contributed by atoms with Gasteiger partial charge in [0.25, 0.3) is 0 Å². The number of carboxylic acids is 1. The molecule has 0 heterocycles. The van der Waals surface area contributed by atoms with Crippen LogP contribution in [0.3, 0.4) is 0 Å². The highest BCUT2D eigenvalue weighted by Gasteiger charge is 2.23. The normalized spacial score (nSPS) is 19.2. The molecular formula is C24H43NO4. The number of carboxylic acid groups (broad SMARTS) is 1. The molecule has 0 amide bonds. The number of aliphatic hydroxyl groups excluding tert-OH is 1. The van der Waals surface area contributed by atoms with E-state index in [1.807, 2.05) is 32.9 Å². The van der Waals surface area contributed by atoms with Gasteiger partial charge in [-0.1, -0.05) is 56.7 Å². The fourth-order valence-corrected chi connectivity index (χ4v) is 3.15. The lowest BCUT2D eigenvalue weighted by Gasteiger charge is -2.27. The van der Waals surface area contributed by atoms with Crippen molar-refractivity contribution >= 4 is 5.97 Å². The van der Waals surface area contributed by atoms with E-state index >= 15 is 0 Å². The molecule has 4 N–H and O–H groups in total. The molecule has 0 saturated heterocycles. The van der Waals surface area contributed by atoms with Crippen molar-refractivity contribution in [1.29, 1.82) is 0 Å².